The zero-order chi connectivity index (χ0) is 13.4. The first kappa shape index (κ1) is 13.3. The van der Waals surface area contributed by atoms with Gasteiger partial charge in [0.15, 0.2) is 11.6 Å². The van der Waals surface area contributed by atoms with Crippen LogP contribution in [0.1, 0.15) is 32.3 Å². The fraction of sp³-hybridized carbons (Fsp3) is 0.571. The number of methoxy groups -OCH3 is 1. The van der Waals surface area contributed by atoms with Gasteiger partial charge in [-0.3, -0.25) is 0 Å². The van der Waals surface area contributed by atoms with Crippen molar-refractivity contribution >= 4 is 0 Å². The summed E-state index contributed by atoms with van der Waals surface area (Å²) in [7, 11) is 1.42. The van der Waals surface area contributed by atoms with Gasteiger partial charge in [0.2, 0.25) is 0 Å². The number of benzene rings is 1. The molecule has 1 atom stereocenters. The van der Waals surface area contributed by atoms with E-state index in [1.54, 1.807) is 18.2 Å². The van der Waals surface area contributed by atoms with Crippen molar-refractivity contribution < 1.29 is 19.0 Å². The lowest BCUT2D eigenvalue weighted by Crippen LogP contribution is -2.44. The minimum atomic E-state index is -1.19. The van der Waals surface area contributed by atoms with Gasteiger partial charge in [0.25, 0.3) is 0 Å². The zero-order valence-electron chi connectivity index (χ0n) is 11.0. The van der Waals surface area contributed by atoms with Crippen LogP contribution in [0.25, 0.3) is 0 Å². The third-order valence-electron chi connectivity index (χ3n) is 3.41. The topological polar surface area (TPSA) is 38.7 Å². The summed E-state index contributed by atoms with van der Waals surface area (Å²) in [5.41, 5.74) is -1.36. The van der Waals surface area contributed by atoms with Crippen LogP contribution >= 0.6 is 0 Å². The third-order valence-corrected chi connectivity index (χ3v) is 3.41. The van der Waals surface area contributed by atoms with E-state index in [2.05, 4.69) is 0 Å². The lowest BCUT2D eigenvalue weighted by Gasteiger charge is -2.41. The predicted octanol–water partition coefficient (Wildman–Crippen LogP) is 2.61. The molecule has 1 N–H and O–H groups in total. The normalized spacial score (nSPS) is 26.9. The van der Waals surface area contributed by atoms with Crippen molar-refractivity contribution in [2.24, 2.45) is 0 Å². The molecule has 1 aromatic rings. The molecule has 0 aliphatic carbocycles. The molecule has 0 radical (unpaired) electrons. The maximum Gasteiger partial charge on any atom is 0.171 e. The number of hydrogen-bond donors (Lipinski definition) is 1. The second kappa shape index (κ2) is 4.52. The number of rotatable bonds is 2. The van der Waals surface area contributed by atoms with Crippen LogP contribution in [0.3, 0.4) is 0 Å². The second-order valence-corrected chi connectivity index (χ2v) is 5.39. The SMILES string of the molecule is COc1cccc(C2(O)CCOC(C)(C)C2)c1F. The van der Waals surface area contributed by atoms with Crippen molar-refractivity contribution in [1.29, 1.82) is 0 Å². The van der Waals surface area contributed by atoms with Gasteiger partial charge >= 0.3 is 0 Å². The summed E-state index contributed by atoms with van der Waals surface area (Å²) in [5, 5.41) is 10.7. The molecule has 0 saturated carbocycles. The monoisotopic (exact) mass is 254 g/mol. The molecule has 1 fully saturated rings. The van der Waals surface area contributed by atoms with E-state index in [0.29, 0.717) is 25.0 Å². The predicted molar refractivity (Wildman–Crippen MR) is 66.1 cm³/mol. The van der Waals surface area contributed by atoms with Gasteiger partial charge in [0.1, 0.15) is 0 Å². The zero-order valence-corrected chi connectivity index (χ0v) is 11.0. The maximum absolute atomic E-state index is 14.2. The van der Waals surface area contributed by atoms with E-state index in [0.717, 1.165) is 0 Å². The summed E-state index contributed by atoms with van der Waals surface area (Å²) in [4.78, 5) is 0. The number of halogens is 1. The van der Waals surface area contributed by atoms with E-state index in [1.807, 2.05) is 13.8 Å². The summed E-state index contributed by atoms with van der Waals surface area (Å²) < 4.78 is 24.7. The molecule has 0 amide bonds. The minimum Gasteiger partial charge on any atom is -0.494 e. The van der Waals surface area contributed by atoms with Crippen LogP contribution in [0.2, 0.25) is 0 Å². The van der Waals surface area contributed by atoms with E-state index in [-0.39, 0.29) is 5.75 Å². The Morgan fingerprint density at radius 3 is 2.72 bits per heavy atom. The molecule has 1 aromatic carbocycles. The molecule has 0 spiro atoms. The fourth-order valence-electron chi connectivity index (χ4n) is 2.60. The van der Waals surface area contributed by atoms with Crippen LogP contribution in [0.4, 0.5) is 4.39 Å². The molecule has 0 aromatic heterocycles. The molecule has 1 aliphatic heterocycles. The first-order chi connectivity index (χ1) is 8.38. The largest absolute Gasteiger partial charge is 0.494 e. The molecule has 3 nitrogen and oxygen atoms in total. The highest BCUT2D eigenvalue weighted by Gasteiger charge is 2.42. The fourth-order valence-corrected chi connectivity index (χ4v) is 2.60. The van der Waals surface area contributed by atoms with Crippen LogP contribution in [-0.2, 0) is 10.3 Å². The van der Waals surface area contributed by atoms with Crippen LogP contribution in [0.5, 0.6) is 5.75 Å². The molecule has 1 aliphatic rings. The lowest BCUT2D eigenvalue weighted by atomic mass is 9.79. The first-order valence-corrected chi connectivity index (χ1v) is 6.07. The van der Waals surface area contributed by atoms with E-state index in [1.165, 1.54) is 7.11 Å². The molecule has 4 heteroatoms. The van der Waals surface area contributed by atoms with Gasteiger partial charge in [-0.15, -0.1) is 0 Å². The van der Waals surface area contributed by atoms with Gasteiger partial charge in [-0.05, 0) is 19.9 Å². The van der Waals surface area contributed by atoms with Gasteiger partial charge in [-0.1, -0.05) is 12.1 Å². The Hall–Kier alpha value is -1.13. The Balaban J connectivity index is 2.41. The van der Waals surface area contributed by atoms with Crippen LogP contribution in [0, 0.1) is 5.82 Å². The molecule has 18 heavy (non-hydrogen) atoms. The summed E-state index contributed by atoms with van der Waals surface area (Å²) in [6.07, 6.45) is 0.755. The van der Waals surface area contributed by atoms with Gasteiger partial charge in [0.05, 0.1) is 24.9 Å². The molecule has 0 bridgehead atoms. The Labute approximate surface area is 107 Å². The van der Waals surface area contributed by atoms with Crippen LogP contribution in [0.15, 0.2) is 18.2 Å². The number of ether oxygens (including phenoxy) is 2. The Bertz CT molecular complexity index is 445. The van der Waals surface area contributed by atoms with Crippen LogP contribution < -0.4 is 4.74 Å². The highest BCUT2D eigenvalue weighted by atomic mass is 19.1. The standard InChI is InChI=1S/C14H19FO3/c1-13(2)9-14(16,7-8-18-13)10-5-4-6-11(17-3)12(10)15/h4-6,16H,7-9H2,1-3H3. The minimum absolute atomic E-state index is 0.158. The van der Waals surface area contributed by atoms with E-state index in [4.69, 9.17) is 9.47 Å². The van der Waals surface area contributed by atoms with Crippen LogP contribution in [-0.4, -0.2) is 24.4 Å². The van der Waals surface area contributed by atoms with Crippen molar-refractivity contribution in [3.8, 4) is 5.75 Å². The van der Waals surface area contributed by atoms with Gasteiger partial charge < -0.3 is 14.6 Å². The van der Waals surface area contributed by atoms with Gasteiger partial charge in [0, 0.05) is 18.4 Å². The van der Waals surface area contributed by atoms with Crippen molar-refractivity contribution in [2.75, 3.05) is 13.7 Å². The van der Waals surface area contributed by atoms with Crippen molar-refractivity contribution in [2.45, 2.75) is 37.9 Å². The Morgan fingerprint density at radius 1 is 1.39 bits per heavy atom. The highest BCUT2D eigenvalue weighted by Crippen LogP contribution is 2.41. The summed E-state index contributed by atoms with van der Waals surface area (Å²) in [6, 6.07) is 4.85. The summed E-state index contributed by atoms with van der Waals surface area (Å²) in [6.45, 7) is 4.21. The smallest absolute Gasteiger partial charge is 0.171 e. The lowest BCUT2D eigenvalue weighted by molar-refractivity contribution is -0.149. The number of aliphatic hydroxyl groups is 1. The summed E-state index contributed by atoms with van der Waals surface area (Å²) >= 11 is 0. The average molecular weight is 254 g/mol. The number of hydrogen-bond acceptors (Lipinski definition) is 3. The van der Waals surface area contributed by atoms with Gasteiger partial charge in [-0.2, -0.15) is 0 Å². The van der Waals surface area contributed by atoms with Gasteiger partial charge in [-0.25, -0.2) is 4.39 Å². The van der Waals surface area contributed by atoms with E-state index in [9.17, 15) is 9.50 Å². The molecular formula is C14H19FO3. The molecule has 1 saturated heterocycles. The Morgan fingerprint density at radius 2 is 2.11 bits per heavy atom. The van der Waals surface area contributed by atoms with Crippen molar-refractivity contribution in [3.63, 3.8) is 0 Å². The van der Waals surface area contributed by atoms with Crippen molar-refractivity contribution in [3.05, 3.63) is 29.6 Å². The average Bonchev–Trinajstić information content (AvgIpc) is 2.27. The second-order valence-electron chi connectivity index (χ2n) is 5.39. The molecule has 100 valence electrons. The van der Waals surface area contributed by atoms with E-state index < -0.39 is 17.0 Å². The Kier molecular flexibility index (Phi) is 3.34. The molecule has 2 rings (SSSR count). The first-order valence-electron chi connectivity index (χ1n) is 6.07. The molecule has 1 unspecified atom stereocenters. The highest BCUT2D eigenvalue weighted by molar-refractivity contribution is 5.35. The third kappa shape index (κ3) is 2.35. The molecular weight excluding hydrogens is 235 g/mol. The molecule has 1 heterocycles. The van der Waals surface area contributed by atoms with Crippen molar-refractivity contribution in [1.82, 2.24) is 0 Å². The maximum atomic E-state index is 14.2. The summed E-state index contributed by atoms with van der Waals surface area (Å²) in [5.74, 6) is -0.328. The quantitative estimate of drug-likeness (QED) is 0.881. The van der Waals surface area contributed by atoms with E-state index >= 15 is 0 Å².